The molecule has 1 aromatic rings. The van der Waals surface area contributed by atoms with Gasteiger partial charge in [-0.3, -0.25) is 9.78 Å². The maximum absolute atomic E-state index is 11.8. The van der Waals surface area contributed by atoms with E-state index in [0.717, 1.165) is 23.9 Å². The van der Waals surface area contributed by atoms with Crippen LogP contribution in [0.15, 0.2) is 24.5 Å². The van der Waals surface area contributed by atoms with Gasteiger partial charge in [0, 0.05) is 37.9 Å². The van der Waals surface area contributed by atoms with Crippen molar-refractivity contribution in [3.8, 4) is 0 Å². The molecule has 2 rings (SSSR count). The number of nitrogens with zero attached hydrogens (tertiary/aromatic N) is 1. The van der Waals surface area contributed by atoms with Crippen LogP contribution in [0.5, 0.6) is 0 Å². The first kappa shape index (κ1) is 16.0. The first-order valence-corrected chi connectivity index (χ1v) is 8.04. The molecule has 0 spiro atoms. The Bertz CT molecular complexity index is 435. The Kier molecular flexibility index (Phi) is 6.18. The molecule has 0 unspecified atom stereocenters. The zero-order valence-corrected chi connectivity index (χ0v) is 13.1. The predicted octanol–water partition coefficient (Wildman–Crippen LogP) is 2.50. The number of nitrogens with one attached hydrogen (secondary N) is 2. The van der Waals surface area contributed by atoms with Crippen LogP contribution in [0.2, 0.25) is 0 Å². The van der Waals surface area contributed by atoms with Crippen molar-refractivity contribution in [3.63, 3.8) is 0 Å². The summed E-state index contributed by atoms with van der Waals surface area (Å²) in [5, 5.41) is 6.46. The molecule has 0 saturated heterocycles. The Labute approximate surface area is 127 Å². The molecular formula is C17H27N3O. The van der Waals surface area contributed by atoms with Gasteiger partial charge >= 0.3 is 0 Å². The molecule has 1 aliphatic rings. The van der Waals surface area contributed by atoms with E-state index in [2.05, 4.69) is 29.5 Å². The normalized spacial score (nSPS) is 25.5. The second-order valence-corrected chi connectivity index (χ2v) is 6.31. The van der Waals surface area contributed by atoms with Gasteiger partial charge in [-0.2, -0.15) is 0 Å². The topological polar surface area (TPSA) is 54.0 Å². The van der Waals surface area contributed by atoms with Gasteiger partial charge in [-0.05, 0) is 42.7 Å². The summed E-state index contributed by atoms with van der Waals surface area (Å²) in [6.07, 6.45) is 7.83. The first-order chi connectivity index (χ1) is 10.1. The third-order valence-corrected chi connectivity index (χ3v) is 4.60. The van der Waals surface area contributed by atoms with E-state index in [9.17, 15) is 4.79 Å². The van der Waals surface area contributed by atoms with Crippen LogP contribution in [0.25, 0.3) is 0 Å². The van der Waals surface area contributed by atoms with Crippen molar-refractivity contribution >= 4 is 5.91 Å². The summed E-state index contributed by atoms with van der Waals surface area (Å²) in [7, 11) is 0. The molecule has 0 radical (unpaired) electrons. The van der Waals surface area contributed by atoms with E-state index in [-0.39, 0.29) is 5.91 Å². The fourth-order valence-electron chi connectivity index (χ4n) is 2.91. The summed E-state index contributed by atoms with van der Waals surface area (Å²) < 4.78 is 0. The summed E-state index contributed by atoms with van der Waals surface area (Å²) in [4.78, 5) is 15.8. The SMILES string of the molecule is C[C@@H]1CC[C@H](NCCC(=O)NCc2cccnc2)C[C@H]1C. The van der Waals surface area contributed by atoms with Gasteiger partial charge in [-0.15, -0.1) is 0 Å². The van der Waals surface area contributed by atoms with E-state index in [0.29, 0.717) is 19.0 Å². The predicted molar refractivity (Wildman–Crippen MR) is 84.7 cm³/mol. The van der Waals surface area contributed by atoms with E-state index in [1.165, 1.54) is 19.3 Å². The van der Waals surface area contributed by atoms with Crippen molar-refractivity contribution in [1.82, 2.24) is 15.6 Å². The fourth-order valence-corrected chi connectivity index (χ4v) is 2.91. The number of aromatic nitrogens is 1. The van der Waals surface area contributed by atoms with Crippen molar-refractivity contribution in [2.75, 3.05) is 6.54 Å². The third-order valence-electron chi connectivity index (χ3n) is 4.60. The number of amides is 1. The quantitative estimate of drug-likeness (QED) is 0.846. The highest BCUT2D eigenvalue weighted by molar-refractivity contribution is 5.76. The van der Waals surface area contributed by atoms with E-state index in [1.54, 1.807) is 12.4 Å². The molecule has 1 heterocycles. The first-order valence-electron chi connectivity index (χ1n) is 8.04. The van der Waals surface area contributed by atoms with Gasteiger partial charge in [-0.25, -0.2) is 0 Å². The van der Waals surface area contributed by atoms with Gasteiger partial charge in [0.15, 0.2) is 0 Å². The molecule has 3 atom stereocenters. The Balaban J connectivity index is 1.59. The lowest BCUT2D eigenvalue weighted by Crippen LogP contribution is -2.38. The standard InChI is InChI=1S/C17H27N3O/c1-13-5-6-16(10-14(13)2)19-9-7-17(21)20-12-15-4-3-8-18-11-15/h3-4,8,11,13-14,16,19H,5-7,9-10,12H2,1-2H3,(H,20,21)/t13-,14-,16+/m1/s1. The second-order valence-electron chi connectivity index (χ2n) is 6.31. The molecule has 4 heteroatoms. The van der Waals surface area contributed by atoms with Crippen molar-refractivity contribution in [2.45, 2.75) is 52.1 Å². The van der Waals surface area contributed by atoms with Gasteiger partial charge in [0.1, 0.15) is 0 Å². The van der Waals surface area contributed by atoms with Gasteiger partial charge in [0.2, 0.25) is 5.91 Å². The molecule has 0 aromatic carbocycles. The molecular weight excluding hydrogens is 262 g/mol. The second kappa shape index (κ2) is 8.13. The van der Waals surface area contributed by atoms with Crippen molar-refractivity contribution in [2.24, 2.45) is 11.8 Å². The molecule has 0 bridgehead atoms. The number of pyridine rings is 1. The zero-order valence-electron chi connectivity index (χ0n) is 13.1. The molecule has 1 fully saturated rings. The van der Waals surface area contributed by atoms with Gasteiger partial charge in [-0.1, -0.05) is 19.9 Å². The Morgan fingerprint density at radius 3 is 2.90 bits per heavy atom. The van der Waals surface area contributed by atoms with Crippen LogP contribution in [0.4, 0.5) is 0 Å². The molecule has 1 saturated carbocycles. The molecule has 116 valence electrons. The third kappa shape index (κ3) is 5.46. The highest BCUT2D eigenvalue weighted by Crippen LogP contribution is 2.29. The van der Waals surface area contributed by atoms with Crippen LogP contribution in [0, 0.1) is 11.8 Å². The molecule has 1 aliphatic carbocycles. The van der Waals surface area contributed by atoms with Crippen molar-refractivity contribution < 1.29 is 4.79 Å². The molecule has 21 heavy (non-hydrogen) atoms. The lowest BCUT2D eigenvalue weighted by Gasteiger charge is -2.32. The summed E-state index contributed by atoms with van der Waals surface area (Å²) in [6, 6.07) is 4.44. The van der Waals surface area contributed by atoms with Gasteiger partial charge < -0.3 is 10.6 Å². The largest absolute Gasteiger partial charge is 0.352 e. The highest BCUT2D eigenvalue weighted by Gasteiger charge is 2.23. The van der Waals surface area contributed by atoms with Crippen molar-refractivity contribution in [1.29, 1.82) is 0 Å². The molecule has 0 aliphatic heterocycles. The molecule has 2 N–H and O–H groups in total. The van der Waals surface area contributed by atoms with Crippen LogP contribution in [0.3, 0.4) is 0 Å². The summed E-state index contributed by atoms with van der Waals surface area (Å²) in [5.74, 6) is 1.73. The minimum atomic E-state index is 0.101. The van der Waals surface area contributed by atoms with Crippen LogP contribution >= 0.6 is 0 Å². The number of carbonyl (C=O) groups excluding carboxylic acids is 1. The molecule has 1 amide bonds. The number of carbonyl (C=O) groups is 1. The lowest BCUT2D eigenvalue weighted by molar-refractivity contribution is -0.121. The zero-order chi connectivity index (χ0) is 15.1. The van der Waals surface area contributed by atoms with Crippen molar-refractivity contribution in [3.05, 3.63) is 30.1 Å². The average molecular weight is 289 g/mol. The highest BCUT2D eigenvalue weighted by atomic mass is 16.1. The van der Waals surface area contributed by atoms with E-state index in [4.69, 9.17) is 0 Å². The van der Waals surface area contributed by atoms with E-state index in [1.807, 2.05) is 12.1 Å². The summed E-state index contributed by atoms with van der Waals surface area (Å²) in [6.45, 7) is 6.00. The number of rotatable bonds is 6. The Morgan fingerprint density at radius 1 is 1.33 bits per heavy atom. The minimum absolute atomic E-state index is 0.101. The Morgan fingerprint density at radius 2 is 2.19 bits per heavy atom. The van der Waals surface area contributed by atoms with Crippen LogP contribution in [0.1, 0.15) is 45.1 Å². The van der Waals surface area contributed by atoms with E-state index < -0.39 is 0 Å². The average Bonchev–Trinajstić information content (AvgIpc) is 2.50. The monoisotopic (exact) mass is 289 g/mol. The van der Waals surface area contributed by atoms with Crippen LogP contribution in [-0.4, -0.2) is 23.5 Å². The molecule has 4 nitrogen and oxygen atoms in total. The molecule has 1 aromatic heterocycles. The lowest BCUT2D eigenvalue weighted by atomic mass is 9.79. The van der Waals surface area contributed by atoms with Crippen LogP contribution in [-0.2, 0) is 11.3 Å². The fraction of sp³-hybridized carbons (Fsp3) is 0.647. The minimum Gasteiger partial charge on any atom is -0.352 e. The maximum Gasteiger partial charge on any atom is 0.221 e. The smallest absolute Gasteiger partial charge is 0.221 e. The van der Waals surface area contributed by atoms with Crippen LogP contribution < -0.4 is 10.6 Å². The summed E-state index contributed by atoms with van der Waals surface area (Å²) in [5.41, 5.74) is 1.04. The number of hydrogen-bond acceptors (Lipinski definition) is 3. The van der Waals surface area contributed by atoms with Gasteiger partial charge in [0.25, 0.3) is 0 Å². The summed E-state index contributed by atoms with van der Waals surface area (Å²) >= 11 is 0. The van der Waals surface area contributed by atoms with E-state index >= 15 is 0 Å². The van der Waals surface area contributed by atoms with Gasteiger partial charge in [0.05, 0.1) is 0 Å². The number of hydrogen-bond donors (Lipinski definition) is 2. The Hall–Kier alpha value is -1.42. The maximum atomic E-state index is 11.8.